The van der Waals surface area contributed by atoms with E-state index < -0.39 is 17.5 Å². The van der Waals surface area contributed by atoms with Crippen LogP contribution in [0.15, 0.2) is 18.5 Å². The van der Waals surface area contributed by atoms with Gasteiger partial charge in [-0.05, 0) is 12.5 Å². The predicted octanol–water partition coefficient (Wildman–Crippen LogP) is 3.23. The molecule has 0 bridgehead atoms. The minimum Gasteiger partial charge on any atom is -0.348 e. The van der Waals surface area contributed by atoms with Gasteiger partial charge in [-0.3, -0.25) is 9.48 Å². The molecule has 0 atom stereocenters. The first-order valence-electron chi connectivity index (χ1n) is 6.21. The number of Topliss-reactive ketones (excluding diaryl/α,β-unsaturated/α-hetero) is 1. The van der Waals surface area contributed by atoms with Crippen LogP contribution in [0.25, 0.3) is 0 Å². The van der Waals surface area contributed by atoms with Gasteiger partial charge in [0.1, 0.15) is 0 Å². The number of hydrogen-bond acceptors (Lipinski definition) is 2. The summed E-state index contributed by atoms with van der Waals surface area (Å²) in [5.74, 6) is -1.85. The standard InChI is InChI=1S/C13H13ClF3N3O/c1-3-9-11(14)10(19(2)18-9)7-20-5-4-8(6-20)12(21)13(15,16)17/h4-6H,3,7H2,1-2H3. The van der Waals surface area contributed by atoms with Gasteiger partial charge in [0.15, 0.2) is 0 Å². The monoisotopic (exact) mass is 319 g/mol. The summed E-state index contributed by atoms with van der Waals surface area (Å²) >= 11 is 6.18. The number of halogens is 4. The van der Waals surface area contributed by atoms with Crippen LogP contribution in [-0.4, -0.2) is 26.3 Å². The molecule has 0 saturated carbocycles. The molecule has 8 heteroatoms. The van der Waals surface area contributed by atoms with E-state index in [0.717, 1.165) is 18.0 Å². The highest BCUT2D eigenvalue weighted by Crippen LogP contribution is 2.24. The number of nitrogens with zero attached hydrogens (tertiary/aromatic N) is 3. The number of aromatic nitrogens is 3. The number of carbonyl (C=O) groups is 1. The normalized spacial score (nSPS) is 11.9. The highest BCUT2D eigenvalue weighted by atomic mass is 35.5. The zero-order valence-electron chi connectivity index (χ0n) is 11.4. The second-order valence-corrected chi connectivity index (χ2v) is 4.96. The molecule has 0 amide bonds. The molecule has 0 aliphatic heterocycles. The molecule has 0 N–H and O–H groups in total. The molecule has 0 radical (unpaired) electrons. The Kier molecular flexibility index (Phi) is 4.13. The number of carbonyl (C=O) groups excluding carboxylic acids is 1. The van der Waals surface area contributed by atoms with Gasteiger partial charge < -0.3 is 4.57 Å². The molecular formula is C13H13ClF3N3O. The molecule has 0 unspecified atom stereocenters. The average molecular weight is 320 g/mol. The molecule has 0 aromatic carbocycles. The maximum absolute atomic E-state index is 12.4. The van der Waals surface area contributed by atoms with Crippen molar-refractivity contribution in [2.45, 2.75) is 26.1 Å². The number of alkyl halides is 3. The lowest BCUT2D eigenvalue weighted by atomic mass is 10.2. The summed E-state index contributed by atoms with van der Waals surface area (Å²) in [5, 5.41) is 4.73. The van der Waals surface area contributed by atoms with Crippen molar-refractivity contribution in [3.8, 4) is 0 Å². The van der Waals surface area contributed by atoms with Gasteiger partial charge in [0.2, 0.25) is 0 Å². The smallest absolute Gasteiger partial charge is 0.348 e. The van der Waals surface area contributed by atoms with Crippen molar-refractivity contribution in [3.05, 3.63) is 40.4 Å². The van der Waals surface area contributed by atoms with Gasteiger partial charge in [0.05, 0.1) is 23.0 Å². The number of rotatable bonds is 4. The van der Waals surface area contributed by atoms with E-state index in [-0.39, 0.29) is 6.54 Å². The summed E-state index contributed by atoms with van der Waals surface area (Å²) < 4.78 is 40.1. The first-order chi connectivity index (χ1) is 9.74. The zero-order valence-corrected chi connectivity index (χ0v) is 12.2. The zero-order chi connectivity index (χ0) is 15.8. The van der Waals surface area contributed by atoms with E-state index in [0.29, 0.717) is 17.1 Å². The highest BCUT2D eigenvalue weighted by molar-refractivity contribution is 6.31. The second-order valence-electron chi connectivity index (χ2n) is 4.58. The highest BCUT2D eigenvalue weighted by Gasteiger charge is 2.39. The number of ketones is 1. The minimum absolute atomic E-state index is 0.244. The molecule has 0 spiro atoms. The van der Waals surface area contributed by atoms with Gasteiger partial charge in [-0.15, -0.1) is 0 Å². The third kappa shape index (κ3) is 3.12. The Morgan fingerprint density at radius 2 is 2.10 bits per heavy atom. The molecule has 2 aromatic heterocycles. The van der Waals surface area contributed by atoms with Crippen molar-refractivity contribution < 1.29 is 18.0 Å². The molecule has 2 heterocycles. The van der Waals surface area contributed by atoms with E-state index in [4.69, 9.17) is 11.6 Å². The van der Waals surface area contributed by atoms with Gasteiger partial charge >= 0.3 is 6.18 Å². The fourth-order valence-electron chi connectivity index (χ4n) is 2.00. The lowest BCUT2D eigenvalue weighted by Crippen LogP contribution is -2.22. The van der Waals surface area contributed by atoms with Gasteiger partial charge in [-0.25, -0.2) is 0 Å². The summed E-state index contributed by atoms with van der Waals surface area (Å²) in [7, 11) is 1.71. The molecule has 0 saturated heterocycles. The molecule has 0 aliphatic rings. The Morgan fingerprint density at radius 3 is 2.62 bits per heavy atom. The van der Waals surface area contributed by atoms with E-state index >= 15 is 0 Å². The largest absolute Gasteiger partial charge is 0.454 e. The van der Waals surface area contributed by atoms with Crippen LogP contribution in [-0.2, 0) is 20.0 Å². The van der Waals surface area contributed by atoms with Crippen LogP contribution in [0.2, 0.25) is 5.02 Å². The van der Waals surface area contributed by atoms with Crippen molar-refractivity contribution in [1.29, 1.82) is 0 Å². The number of aryl methyl sites for hydroxylation is 2. The quantitative estimate of drug-likeness (QED) is 0.812. The van der Waals surface area contributed by atoms with Gasteiger partial charge in [0.25, 0.3) is 5.78 Å². The molecule has 2 rings (SSSR count). The average Bonchev–Trinajstić information content (AvgIpc) is 2.96. The third-order valence-corrected chi connectivity index (χ3v) is 3.54. The molecule has 21 heavy (non-hydrogen) atoms. The van der Waals surface area contributed by atoms with Crippen molar-refractivity contribution in [2.24, 2.45) is 7.05 Å². The van der Waals surface area contributed by atoms with Crippen molar-refractivity contribution in [2.75, 3.05) is 0 Å². The Morgan fingerprint density at radius 1 is 1.43 bits per heavy atom. The second kappa shape index (κ2) is 5.55. The molecule has 0 fully saturated rings. The summed E-state index contributed by atoms with van der Waals surface area (Å²) in [5.41, 5.74) is 1.01. The fourth-order valence-corrected chi connectivity index (χ4v) is 2.36. The van der Waals surface area contributed by atoms with Crippen LogP contribution in [0.3, 0.4) is 0 Å². The molecular weight excluding hydrogens is 307 g/mol. The minimum atomic E-state index is -4.87. The lowest BCUT2D eigenvalue weighted by Gasteiger charge is -2.05. The Hall–Kier alpha value is -1.76. The van der Waals surface area contributed by atoms with E-state index in [2.05, 4.69) is 5.10 Å². The first-order valence-corrected chi connectivity index (χ1v) is 6.59. The topological polar surface area (TPSA) is 39.8 Å². The van der Waals surface area contributed by atoms with E-state index in [1.165, 1.54) is 10.8 Å². The van der Waals surface area contributed by atoms with Crippen LogP contribution in [0, 0.1) is 0 Å². The first kappa shape index (κ1) is 15.6. The Labute approximate surface area is 124 Å². The van der Waals surface area contributed by atoms with Crippen molar-refractivity contribution in [3.63, 3.8) is 0 Å². The Bertz CT molecular complexity index is 673. The van der Waals surface area contributed by atoms with Gasteiger partial charge in [-0.1, -0.05) is 18.5 Å². The summed E-state index contributed by atoms with van der Waals surface area (Å²) in [6.07, 6.45) is -1.64. The van der Waals surface area contributed by atoms with Crippen LogP contribution in [0.5, 0.6) is 0 Å². The Balaban J connectivity index is 2.24. The van der Waals surface area contributed by atoms with Crippen LogP contribution < -0.4 is 0 Å². The van der Waals surface area contributed by atoms with Gasteiger partial charge in [0, 0.05) is 25.0 Å². The maximum atomic E-state index is 12.4. The van der Waals surface area contributed by atoms with Gasteiger partial charge in [-0.2, -0.15) is 18.3 Å². The third-order valence-electron chi connectivity index (χ3n) is 3.11. The van der Waals surface area contributed by atoms with Crippen LogP contribution in [0.4, 0.5) is 13.2 Å². The van der Waals surface area contributed by atoms with Crippen LogP contribution >= 0.6 is 11.6 Å². The predicted molar refractivity (Wildman–Crippen MR) is 71.5 cm³/mol. The fraction of sp³-hybridized carbons (Fsp3) is 0.385. The van der Waals surface area contributed by atoms with Crippen LogP contribution in [0.1, 0.15) is 28.7 Å². The summed E-state index contributed by atoms with van der Waals surface area (Å²) in [4.78, 5) is 11.1. The van der Waals surface area contributed by atoms with E-state index in [1.807, 2.05) is 6.92 Å². The molecule has 4 nitrogen and oxygen atoms in total. The lowest BCUT2D eigenvalue weighted by molar-refractivity contribution is -0.0885. The number of hydrogen-bond donors (Lipinski definition) is 0. The molecule has 2 aromatic rings. The molecule has 114 valence electrons. The summed E-state index contributed by atoms with van der Waals surface area (Å²) in [6.45, 7) is 2.15. The maximum Gasteiger partial charge on any atom is 0.454 e. The summed E-state index contributed by atoms with van der Waals surface area (Å²) in [6, 6.07) is 1.14. The SMILES string of the molecule is CCc1nn(C)c(Cn2ccc(C(=O)C(F)(F)F)c2)c1Cl. The van der Waals surface area contributed by atoms with Crippen molar-refractivity contribution >= 4 is 17.4 Å². The van der Waals surface area contributed by atoms with E-state index in [9.17, 15) is 18.0 Å². The molecule has 0 aliphatic carbocycles. The van der Waals surface area contributed by atoms with E-state index in [1.54, 1.807) is 11.7 Å². The van der Waals surface area contributed by atoms with Crippen molar-refractivity contribution in [1.82, 2.24) is 14.3 Å².